The maximum atomic E-state index is 10.9. The lowest BCUT2D eigenvalue weighted by Gasteiger charge is -2.19. The molecule has 1 aromatic rings. The number of benzene rings is 1. The molecule has 2 N–H and O–H groups in total. The predicted octanol–water partition coefficient (Wildman–Crippen LogP) is 2.70. The van der Waals surface area contributed by atoms with E-state index in [4.69, 9.17) is 16.7 Å². The number of hydrogen-bond acceptors (Lipinski definition) is 2. The molecule has 0 aliphatic carbocycles. The van der Waals surface area contributed by atoms with E-state index in [-0.39, 0.29) is 12.2 Å². The first-order valence-electron chi connectivity index (χ1n) is 4.54. The summed E-state index contributed by atoms with van der Waals surface area (Å²) in [7, 11) is 0. The number of rotatable bonds is 3. The molecule has 3 nitrogen and oxygen atoms in total. The Morgan fingerprint density at radius 2 is 2.07 bits per heavy atom. The van der Waals surface area contributed by atoms with Gasteiger partial charge in [0.2, 0.25) is 0 Å². The molecular weight excluding hydrogens is 216 g/mol. The lowest BCUT2D eigenvalue weighted by Crippen LogP contribution is -2.26. The second-order valence-corrected chi connectivity index (χ2v) is 4.55. The van der Waals surface area contributed by atoms with E-state index in [0.29, 0.717) is 10.6 Å². The monoisotopic (exact) mass is 228 g/mol. The lowest BCUT2D eigenvalue weighted by molar-refractivity contribution is -0.146. The van der Waals surface area contributed by atoms with Gasteiger partial charge in [-0.15, -0.1) is 0 Å². The van der Waals surface area contributed by atoms with E-state index in [1.165, 1.54) is 12.1 Å². The van der Waals surface area contributed by atoms with Crippen LogP contribution in [0.15, 0.2) is 18.2 Å². The standard InChI is InChI=1S/C11H13ClO3/c1-11(2,10(14)15)6-7-5-8(13)3-4-9(7)12/h3-5,13H,6H2,1-2H3,(H,14,15). The summed E-state index contributed by atoms with van der Waals surface area (Å²) in [5.41, 5.74) is -0.249. The molecule has 0 aliphatic heterocycles. The number of phenolic OH excluding ortho intramolecular Hbond substituents is 1. The van der Waals surface area contributed by atoms with Crippen molar-refractivity contribution in [3.8, 4) is 5.75 Å². The fourth-order valence-corrected chi connectivity index (χ4v) is 1.43. The molecule has 0 aliphatic rings. The van der Waals surface area contributed by atoms with Gasteiger partial charge in [0.25, 0.3) is 0 Å². The van der Waals surface area contributed by atoms with E-state index in [0.717, 1.165) is 0 Å². The third kappa shape index (κ3) is 2.86. The Labute approximate surface area is 93.3 Å². The molecule has 0 unspecified atom stereocenters. The van der Waals surface area contributed by atoms with E-state index in [9.17, 15) is 9.90 Å². The molecule has 0 fully saturated rings. The summed E-state index contributed by atoms with van der Waals surface area (Å²) in [4.78, 5) is 10.9. The van der Waals surface area contributed by atoms with Crippen LogP contribution in [0.5, 0.6) is 5.75 Å². The van der Waals surface area contributed by atoms with Crippen LogP contribution in [0, 0.1) is 5.41 Å². The molecule has 82 valence electrons. The molecule has 0 spiro atoms. The number of carboxylic acid groups (broad SMARTS) is 1. The summed E-state index contributed by atoms with van der Waals surface area (Å²) in [6, 6.07) is 4.52. The lowest BCUT2D eigenvalue weighted by atomic mass is 9.86. The van der Waals surface area contributed by atoms with E-state index < -0.39 is 11.4 Å². The molecule has 0 heterocycles. The van der Waals surface area contributed by atoms with E-state index >= 15 is 0 Å². The molecule has 0 radical (unpaired) electrons. The van der Waals surface area contributed by atoms with Crippen molar-refractivity contribution in [2.75, 3.05) is 0 Å². The van der Waals surface area contributed by atoms with Crippen molar-refractivity contribution in [1.82, 2.24) is 0 Å². The second kappa shape index (κ2) is 4.11. The smallest absolute Gasteiger partial charge is 0.309 e. The SMILES string of the molecule is CC(C)(Cc1cc(O)ccc1Cl)C(=O)O. The van der Waals surface area contributed by atoms with E-state index in [1.807, 2.05) is 0 Å². The molecular formula is C11H13ClO3. The van der Waals surface area contributed by atoms with Crippen molar-refractivity contribution in [3.05, 3.63) is 28.8 Å². The zero-order chi connectivity index (χ0) is 11.6. The minimum Gasteiger partial charge on any atom is -0.508 e. The quantitative estimate of drug-likeness (QED) is 0.836. The largest absolute Gasteiger partial charge is 0.508 e. The van der Waals surface area contributed by atoms with Gasteiger partial charge in [0, 0.05) is 5.02 Å². The third-order valence-electron chi connectivity index (χ3n) is 2.24. The summed E-state index contributed by atoms with van der Waals surface area (Å²) in [6.45, 7) is 3.24. The van der Waals surface area contributed by atoms with Gasteiger partial charge in [0.1, 0.15) is 5.75 Å². The van der Waals surface area contributed by atoms with Crippen LogP contribution in [-0.4, -0.2) is 16.2 Å². The normalized spacial score (nSPS) is 11.4. The highest BCUT2D eigenvalue weighted by molar-refractivity contribution is 6.31. The molecule has 1 rings (SSSR count). The summed E-state index contributed by atoms with van der Waals surface area (Å²) in [5.74, 6) is -0.794. The summed E-state index contributed by atoms with van der Waals surface area (Å²) < 4.78 is 0. The molecule has 0 aromatic heterocycles. The Hall–Kier alpha value is -1.22. The fraction of sp³-hybridized carbons (Fsp3) is 0.364. The average molecular weight is 229 g/mol. The Morgan fingerprint density at radius 1 is 1.47 bits per heavy atom. The minimum absolute atomic E-state index is 0.0931. The third-order valence-corrected chi connectivity index (χ3v) is 2.61. The molecule has 0 saturated carbocycles. The van der Waals surface area contributed by atoms with Gasteiger partial charge in [-0.1, -0.05) is 11.6 Å². The average Bonchev–Trinajstić information content (AvgIpc) is 2.10. The van der Waals surface area contributed by atoms with Gasteiger partial charge in [-0.25, -0.2) is 0 Å². The van der Waals surface area contributed by atoms with Crippen molar-refractivity contribution < 1.29 is 15.0 Å². The van der Waals surface area contributed by atoms with Crippen molar-refractivity contribution >= 4 is 17.6 Å². The Bertz CT molecular complexity index is 385. The molecule has 0 amide bonds. The molecule has 4 heteroatoms. The topological polar surface area (TPSA) is 57.5 Å². The van der Waals surface area contributed by atoms with Crippen LogP contribution in [0.3, 0.4) is 0 Å². The molecule has 0 bridgehead atoms. The van der Waals surface area contributed by atoms with Crippen LogP contribution in [0.4, 0.5) is 0 Å². The van der Waals surface area contributed by atoms with Crippen LogP contribution in [0.25, 0.3) is 0 Å². The van der Waals surface area contributed by atoms with Crippen molar-refractivity contribution in [2.45, 2.75) is 20.3 Å². The van der Waals surface area contributed by atoms with Gasteiger partial charge in [0.05, 0.1) is 5.41 Å². The van der Waals surface area contributed by atoms with E-state index in [1.54, 1.807) is 19.9 Å². The number of hydrogen-bond donors (Lipinski definition) is 2. The minimum atomic E-state index is -0.891. The van der Waals surface area contributed by atoms with Crippen LogP contribution in [-0.2, 0) is 11.2 Å². The molecule has 1 aromatic carbocycles. The Kier molecular flexibility index (Phi) is 3.25. The highest BCUT2D eigenvalue weighted by Crippen LogP contribution is 2.29. The fourth-order valence-electron chi connectivity index (χ4n) is 1.25. The maximum absolute atomic E-state index is 10.9. The van der Waals surface area contributed by atoms with Crippen molar-refractivity contribution in [2.24, 2.45) is 5.41 Å². The number of aromatic hydroxyl groups is 1. The van der Waals surface area contributed by atoms with Gasteiger partial charge in [0.15, 0.2) is 0 Å². The zero-order valence-electron chi connectivity index (χ0n) is 8.62. The first kappa shape index (κ1) is 11.9. The predicted molar refractivity (Wildman–Crippen MR) is 58.2 cm³/mol. The summed E-state index contributed by atoms with van der Waals surface area (Å²) in [6.07, 6.45) is 0.287. The summed E-state index contributed by atoms with van der Waals surface area (Å²) >= 11 is 5.90. The first-order valence-corrected chi connectivity index (χ1v) is 4.91. The number of carbonyl (C=O) groups is 1. The number of aliphatic carboxylic acids is 1. The highest BCUT2D eigenvalue weighted by atomic mass is 35.5. The van der Waals surface area contributed by atoms with Crippen LogP contribution in [0.1, 0.15) is 19.4 Å². The van der Waals surface area contributed by atoms with E-state index in [2.05, 4.69) is 0 Å². The number of halogens is 1. The van der Waals surface area contributed by atoms with Gasteiger partial charge in [-0.05, 0) is 44.0 Å². The Morgan fingerprint density at radius 3 is 2.60 bits per heavy atom. The van der Waals surface area contributed by atoms with Crippen LogP contribution in [0.2, 0.25) is 5.02 Å². The molecule has 0 saturated heterocycles. The summed E-state index contributed by atoms with van der Waals surface area (Å²) in [5, 5.41) is 18.7. The van der Waals surface area contributed by atoms with Crippen molar-refractivity contribution in [3.63, 3.8) is 0 Å². The van der Waals surface area contributed by atoms with Crippen LogP contribution < -0.4 is 0 Å². The maximum Gasteiger partial charge on any atom is 0.309 e. The molecule has 15 heavy (non-hydrogen) atoms. The number of phenols is 1. The first-order chi connectivity index (χ1) is 6.83. The van der Waals surface area contributed by atoms with Gasteiger partial charge in [-0.3, -0.25) is 4.79 Å². The number of carboxylic acids is 1. The molecule has 0 atom stereocenters. The highest BCUT2D eigenvalue weighted by Gasteiger charge is 2.28. The van der Waals surface area contributed by atoms with Gasteiger partial charge < -0.3 is 10.2 Å². The van der Waals surface area contributed by atoms with Gasteiger partial charge in [-0.2, -0.15) is 0 Å². The second-order valence-electron chi connectivity index (χ2n) is 4.14. The Balaban J connectivity index is 2.99. The van der Waals surface area contributed by atoms with Crippen molar-refractivity contribution in [1.29, 1.82) is 0 Å². The van der Waals surface area contributed by atoms with Crippen LogP contribution >= 0.6 is 11.6 Å². The zero-order valence-corrected chi connectivity index (χ0v) is 9.38. The van der Waals surface area contributed by atoms with Gasteiger partial charge >= 0.3 is 5.97 Å².